The van der Waals surface area contributed by atoms with E-state index < -0.39 is 72.6 Å². The summed E-state index contributed by atoms with van der Waals surface area (Å²) in [7, 11) is 0. The number of nitrogens with one attached hydrogen (secondary N) is 3. The number of carbonyl (C=O) groups excluding carboxylic acids is 8. The molecular weight excluding hydrogens is 991 g/mol. The first-order valence-electron chi connectivity index (χ1n) is 25.1. The zero-order chi connectivity index (χ0) is 54.9. The molecule has 2 aromatic heterocycles. The predicted molar refractivity (Wildman–Crippen MR) is 279 cm³/mol. The summed E-state index contributed by atoms with van der Waals surface area (Å²) in [5.41, 5.74) is 3.00. The average molecular weight is 1050 g/mol. The molecule has 3 N–H and O–H groups in total. The fourth-order valence-electron chi connectivity index (χ4n) is 7.94. The van der Waals surface area contributed by atoms with Crippen LogP contribution in [0.2, 0.25) is 0 Å². The van der Waals surface area contributed by atoms with E-state index in [0.29, 0.717) is 41.5 Å². The van der Waals surface area contributed by atoms with Gasteiger partial charge in [0.2, 0.25) is 12.3 Å². The van der Waals surface area contributed by atoms with Crippen LogP contribution < -0.4 is 20.7 Å². The van der Waals surface area contributed by atoms with Crippen molar-refractivity contribution in [2.24, 2.45) is 5.92 Å². The number of unbranched alkanes of at least 4 members (excludes halogenated alkanes) is 2. The number of rotatable bonds is 29. The van der Waals surface area contributed by atoms with E-state index in [0.717, 1.165) is 23.5 Å². The number of hydroxylamine groups is 2. The van der Waals surface area contributed by atoms with Gasteiger partial charge in [-0.2, -0.15) is 5.06 Å². The molecule has 6 rings (SSSR count). The summed E-state index contributed by atoms with van der Waals surface area (Å²) in [5.74, 6) is -6.32. The number of aromatic nitrogens is 1. The third-order valence-electron chi connectivity index (χ3n) is 12.1. The van der Waals surface area contributed by atoms with Gasteiger partial charge in [0, 0.05) is 18.0 Å². The Morgan fingerprint density at radius 3 is 1.95 bits per heavy atom. The Hall–Kier alpha value is -9.13. The van der Waals surface area contributed by atoms with E-state index in [1.807, 2.05) is 19.1 Å². The van der Waals surface area contributed by atoms with E-state index >= 15 is 0 Å². The number of esters is 3. The Morgan fingerprint density at radius 1 is 0.701 bits per heavy atom. The first-order chi connectivity index (χ1) is 37.4. The number of amides is 4. The van der Waals surface area contributed by atoms with Gasteiger partial charge in [0.25, 0.3) is 11.8 Å². The second-order valence-corrected chi connectivity index (χ2v) is 17.6. The molecule has 0 aliphatic carbocycles. The maximum absolute atomic E-state index is 14.2. The second-order valence-electron chi connectivity index (χ2n) is 17.6. The Kier molecular flexibility index (Phi) is 22.0. The van der Waals surface area contributed by atoms with Crippen molar-refractivity contribution in [2.75, 3.05) is 13.3 Å². The van der Waals surface area contributed by atoms with Crippen LogP contribution in [0, 0.1) is 12.8 Å². The summed E-state index contributed by atoms with van der Waals surface area (Å²) in [6, 6.07) is 32.9. The summed E-state index contributed by atoms with van der Waals surface area (Å²) in [6.45, 7) is 4.19. The molecular formula is C58H61N5O14. The molecule has 0 aliphatic rings. The van der Waals surface area contributed by atoms with Crippen molar-refractivity contribution in [3.05, 3.63) is 179 Å². The topological polar surface area (TPSA) is 248 Å². The van der Waals surface area contributed by atoms with Gasteiger partial charge in [-0.25, -0.2) is 14.4 Å². The molecule has 402 valence electrons. The average Bonchev–Trinajstić information content (AvgIpc) is 3.96. The van der Waals surface area contributed by atoms with E-state index in [-0.39, 0.29) is 61.3 Å². The van der Waals surface area contributed by atoms with Crippen molar-refractivity contribution in [1.82, 2.24) is 26.0 Å². The highest BCUT2D eigenvalue weighted by atomic mass is 16.7. The molecule has 0 fully saturated rings. The highest BCUT2D eigenvalue weighted by Gasteiger charge is 2.34. The molecule has 0 radical (unpaired) electrons. The zero-order valence-corrected chi connectivity index (χ0v) is 43.0. The van der Waals surface area contributed by atoms with Gasteiger partial charge < -0.3 is 44.2 Å². The number of benzene rings is 4. The third-order valence-corrected chi connectivity index (χ3v) is 12.1. The van der Waals surface area contributed by atoms with Crippen LogP contribution in [-0.2, 0) is 62.8 Å². The zero-order valence-electron chi connectivity index (χ0n) is 43.0. The summed E-state index contributed by atoms with van der Waals surface area (Å²) in [6.07, 6.45) is 5.63. The van der Waals surface area contributed by atoms with E-state index in [4.69, 9.17) is 28.2 Å². The lowest BCUT2D eigenvalue weighted by Gasteiger charge is -2.32. The minimum atomic E-state index is -1.52. The lowest BCUT2D eigenvalue weighted by atomic mass is 9.90. The van der Waals surface area contributed by atoms with Gasteiger partial charge in [-0.05, 0) is 72.4 Å². The molecule has 4 aromatic carbocycles. The lowest BCUT2D eigenvalue weighted by Crippen LogP contribution is -2.49. The Morgan fingerprint density at radius 2 is 1.34 bits per heavy atom. The lowest BCUT2D eigenvalue weighted by molar-refractivity contribution is -0.171. The van der Waals surface area contributed by atoms with Gasteiger partial charge in [-0.15, -0.1) is 0 Å². The van der Waals surface area contributed by atoms with Gasteiger partial charge in [-0.3, -0.25) is 29.0 Å². The summed E-state index contributed by atoms with van der Waals surface area (Å²) in [4.78, 5) is 116. The number of hydrogen-bond acceptors (Lipinski definition) is 15. The molecule has 3 atom stereocenters. The van der Waals surface area contributed by atoms with E-state index in [9.17, 15) is 38.4 Å². The SMILES string of the molecule is CCCCC[C@@H](C(=O)NCNC(=O)c1ccc(-c2ccc(C(=O)N[C@@H](CC(=O)OCc3ccccc3)C(=O)OCc3ccccc3)c(OCC(=O)OCc3ccccc3)c2)o1)[C@@H](CC)N(C=O)OC(=O)c1ccncc1C. The largest absolute Gasteiger partial charge is 0.481 e. The predicted octanol–water partition coefficient (Wildman–Crippen LogP) is 7.76. The maximum Gasteiger partial charge on any atom is 0.363 e. The minimum absolute atomic E-state index is 0.0491. The van der Waals surface area contributed by atoms with Gasteiger partial charge in [-0.1, -0.05) is 130 Å². The van der Waals surface area contributed by atoms with Crippen LogP contribution in [0.3, 0.4) is 0 Å². The van der Waals surface area contributed by atoms with E-state index in [1.54, 1.807) is 92.7 Å². The number of furan rings is 1. The Labute approximate surface area is 445 Å². The maximum atomic E-state index is 14.2. The molecule has 0 unspecified atom stereocenters. The first kappa shape index (κ1) is 57.2. The van der Waals surface area contributed by atoms with Crippen molar-refractivity contribution in [3.63, 3.8) is 0 Å². The van der Waals surface area contributed by atoms with Crippen molar-refractivity contribution >= 4 is 48.0 Å². The normalized spacial score (nSPS) is 11.9. The van der Waals surface area contributed by atoms with Gasteiger partial charge in [0.05, 0.1) is 36.2 Å². The van der Waals surface area contributed by atoms with Crippen LogP contribution in [0.5, 0.6) is 5.75 Å². The highest BCUT2D eigenvalue weighted by molar-refractivity contribution is 6.00. The standard InChI is InChI=1S/C58H61N5O14/c1-4-6-10-23-45(48(5-2)63(38-64)77-57(70)44-28-29-59-32-39(44)3)54(67)60-37-61-56(69)50-27-26-49(76-50)43-24-25-46(51(30-43)72-36-53(66)74-34-41-19-13-8-14-20-41)55(68)62-47(58(71)75-35-42-21-15-9-16-22-42)31-52(65)73-33-40-17-11-7-12-18-40/h7-9,11-22,24-30,32,38,45,47-48H,4-6,10,23,31,33-37H2,1-3H3,(H,60,67)(H,61,69)(H,62,68)/t45-,47+,48-/m1/s1. The number of aryl methyl sites for hydroxylation is 1. The molecule has 77 heavy (non-hydrogen) atoms. The Balaban J connectivity index is 1.16. The molecule has 0 saturated carbocycles. The molecule has 0 bridgehead atoms. The number of ether oxygens (including phenoxy) is 4. The smallest absolute Gasteiger partial charge is 0.363 e. The fourth-order valence-corrected chi connectivity index (χ4v) is 7.94. The molecule has 4 amide bonds. The molecule has 6 aromatic rings. The van der Waals surface area contributed by atoms with Crippen LogP contribution in [-0.4, -0.2) is 83.4 Å². The van der Waals surface area contributed by atoms with Crippen molar-refractivity contribution < 1.29 is 66.6 Å². The summed E-state index contributed by atoms with van der Waals surface area (Å²) >= 11 is 0. The number of carbonyl (C=O) groups is 8. The second kappa shape index (κ2) is 29.7. The molecule has 2 heterocycles. The van der Waals surface area contributed by atoms with Crippen LogP contribution in [0.1, 0.15) is 106 Å². The van der Waals surface area contributed by atoms with E-state index in [1.165, 1.54) is 48.8 Å². The fraction of sp³-hybridized carbons (Fsp3) is 0.293. The summed E-state index contributed by atoms with van der Waals surface area (Å²) in [5, 5.41) is 8.75. The number of pyridine rings is 1. The van der Waals surface area contributed by atoms with Gasteiger partial charge in [0.1, 0.15) is 37.4 Å². The third kappa shape index (κ3) is 17.5. The number of hydrogen-bond donors (Lipinski definition) is 3. The van der Waals surface area contributed by atoms with Gasteiger partial charge in [0.15, 0.2) is 12.4 Å². The summed E-state index contributed by atoms with van der Waals surface area (Å²) < 4.78 is 28.2. The van der Waals surface area contributed by atoms with E-state index in [2.05, 4.69) is 20.9 Å². The highest BCUT2D eigenvalue weighted by Crippen LogP contribution is 2.30. The molecule has 19 nitrogen and oxygen atoms in total. The molecule has 19 heteroatoms. The van der Waals surface area contributed by atoms with Gasteiger partial charge >= 0.3 is 23.9 Å². The van der Waals surface area contributed by atoms with Crippen LogP contribution >= 0.6 is 0 Å². The van der Waals surface area contributed by atoms with Crippen LogP contribution in [0.15, 0.2) is 144 Å². The quantitative estimate of drug-likeness (QED) is 0.0101. The van der Waals surface area contributed by atoms with Crippen molar-refractivity contribution in [1.29, 1.82) is 0 Å². The monoisotopic (exact) mass is 1050 g/mol. The Bertz CT molecular complexity index is 2930. The van der Waals surface area contributed by atoms with Crippen molar-refractivity contribution in [3.8, 4) is 17.1 Å². The van der Waals surface area contributed by atoms with Crippen molar-refractivity contribution in [2.45, 2.75) is 91.2 Å². The molecule has 0 saturated heterocycles. The first-order valence-corrected chi connectivity index (χ1v) is 25.1. The van der Waals surface area contributed by atoms with Crippen LogP contribution in [0.4, 0.5) is 0 Å². The number of nitrogens with zero attached hydrogens (tertiary/aromatic N) is 2. The minimum Gasteiger partial charge on any atom is -0.481 e. The molecule has 0 aliphatic heterocycles. The van der Waals surface area contributed by atoms with Crippen LogP contribution in [0.25, 0.3) is 11.3 Å². The molecule has 0 spiro atoms.